The summed E-state index contributed by atoms with van der Waals surface area (Å²) in [7, 11) is 1.57. The van der Waals surface area contributed by atoms with Crippen molar-refractivity contribution >= 4 is 0 Å². The zero-order valence-corrected chi connectivity index (χ0v) is 12.3. The highest BCUT2D eigenvalue weighted by Gasteiger charge is 2.22. The minimum absolute atomic E-state index is 0.0166. The zero-order chi connectivity index (χ0) is 14.1. The maximum absolute atomic E-state index is 10.1. The number of methoxy groups -OCH3 is 1. The van der Waals surface area contributed by atoms with E-state index >= 15 is 0 Å². The Morgan fingerprint density at radius 3 is 2.11 bits per heavy atom. The van der Waals surface area contributed by atoms with Crippen LogP contribution in [-0.2, 0) is 11.8 Å². The summed E-state index contributed by atoms with van der Waals surface area (Å²) in [6.45, 7) is 10.3. The number of hydrogen-bond donors (Lipinski definition) is 2. The molecule has 1 rings (SSSR count). The lowest BCUT2D eigenvalue weighted by atomic mass is 9.84. The number of phenolic OH excluding ortho intramolecular Hbond substituents is 1. The predicted molar refractivity (Wildman–Crippen MR) is 75.3 cm³/mol. The van der Waals surface area contributed by atoms with Crippen LogP contribution in [0.4, 0.5) is 0 Å². The van der Waals surface area contributed by atoms with Crippen molar-refractivity contribution < 1.29 is 9.84 Å². The Morgan fingerprint density at radius 2 is 1.72 bits per heavy atom. The first kappa shape index (κ1) is 14.8. The van der Waals surface area contributed by atoms with Gasteiger partial charge < -0.3 is 15.6 Å². The molecule has 0 atom stereocenters. The molecule has 3 N–H and O–H groups in total. The van der Waals surface area contributed by atoms with Crippen LogP contribution in [0.1, 0.15) is 45.7 Å². The number of hydrogen-bond acceptors (Lipinski definition) is 3. The highest BCUT2D eigenvalue weighted by molar-refractivity contribution is 5.50. The van der Waals surface area contributed by atoms with Crippen molar-refractivity contribution in [3.05, 3.63) is 23.3 Å². The first-order chi connectivity index (χ1) is 8.04. The fourth-order valence-electron chi connectivity index (χ4n) is 1.96. The largest absolute Gasteiger partial charge is 0.504 e. The lowest BCUT2D eigenvalue weighted by molar-refractivity contribution is 0.363. The van der Waals surface area contributed by atoms with E-state index in [0.29, 0.717) is 12.2 Å². The van der Waals surface area contributed by atoms with Crippen molar-refractivity contribution in [3.63, 3.8) is 0 Å². The van der Waals surface area contributed by atoms with Crippen LogP contribution in [0.5, 0.6) is 11.5 Å². The molecule has 0 saturated heterocycles. The molecule has 18 heavy (non-hydrogen) atoms. The molecule has 0 saturated carbocycles. The summed E-state index contributed by atoms with van der Waals surface area (Å²) in [4.78, 5) is 0. The average molecular weight is 251 g/mol. The van der Waals surface area contributed by atoms with Gasteiger partial charge in [0.15, 0.2) is 11.5 Å². The maximum Gasteiger partial charge on any atom is 0.163 e. The van der Waals surface area contributed by atoms with Crippen LogP contribution < -0.4 is 10.5 Å². The van der Waals surface area contributed by atoms with E-state index in [9.17, 15) is 5.11 Å². The highest BCUT2D eigenvalue weighted by Crippen LogP contribution is 2.37. The Bertz CT molecular complexity index is 425. The van der Waals surface area contributed by atoms with Gasteiger partial charge in [0.05, 0.1) is 7.11 Å². The number of nitrogens with two attached hydrogens (primary N) is 1. The van der Waals surface area contributed by atoms with Crippen molar-refractivity contribution in [2.75, 3.05) is 7.11 Å². The van der Waals surface area contributed by atoms with Crippen molar-refractivity contribution in [1.82, 2.24) is 0 Å². The van der Waals surface area contributed by atoms with Gasteiger partial charge in [0.2, 0.25) is 0 Å². The normalized spacial score (nSPS) is 12.6. The Hall–Kier alpha value is -1.22. The van der Waals surface area contributed by atoms with Crippen LogP contribution in [-0.4, -0.2) is 17.8 Å². The van der Waals surface area contributed by atoms with Crippen LogP contribution in [0, 0.1) is 0 Å². The monoisotopic (exact) mass is 251 g/mol. The molecule has 0 fully saturated rings. The molecule has 3 heteroatoms. The van der Waals surface area contributed by atoms with Gasteiger partial charge in [0.1, 0.15) is 0 Å². The molecule has 1 aromatic carbocycles. The number of benzene rings is 1. The Labute approximate surface area is 110 Å². The summed E-state index contributed by atoms with van der Waals surface area (Å²) in [6.07, 6.45) is 0.660. The van der Waals surface area contributed by atoms with Gasteiger partial charge in [-0.2, -0.15) is 0 Å². The van der Waals surface area contributed by atoms with E-state index < -0.39 is 0 Å². The van der Waals surface area contributed by atoms with Gasteiger partial charge >= 0.3 is 0 Å². The number of rotatable bonds is 3. The fraction of sp³-hybridized carbons (Fsp3) is 0.600. The molecular formula is C15H25NO2. The number of ether oxygens (including phenoxy) is 1. The van der Waals surface area contributed by atoms with Crippen molar-refractivity contribution in [3.8, 4) is 11.5 Å². The molecular weight excluding hydrogens is 226 g/mol. The van der Waals surface area contributed by atoms with E-state index in [-0.39, 0.29) is 16.7 Å². The second kappa shape index (κ2) is 4.81. The third kappa shape index (κ3) is 3.64. The molecule has 3 nitrogen and oxygen atoms in total. The molecule has 1 aromatic rings. The molecule has 0 radical (unpaired) electrons. The molecule has 0 unspecified atom stereocenters. The topological polar surface area (TPSA) is 55.5 Å². The van der Waals surface area contributed by atoms with E-state index in [1.54, 1.807) is 13.2 Å². The average Bonchev–Trinajstić information content (AvgIpc) is 2.13. The molecule has 0 spiro atoms. The Kier molecular flexibility index (Phi) is 3.96. The Balaban J connectivity index is 3.33. The molecule has 0 aliphatic rings. The minimum atomic E-state index is -0.337. The van der Waals surface area contributed by atoms with E-state index in [1.165, 1.54) is 0 Å². The minimum Gasteiger partial charge on any atom is -0.504 e. The SMILES string of the molecule is COc1c(O)cc(C(C)(C)C)cc1CC(C)(C)N. The second-order valence-corrected chi connectivity index (χ2v) is 6.60. The molecule has 0 amide bonds. The van der Waals surface area contributed by atoms with Crippen molar-refractivity contribution in [1.29, 1.82) is 0 Å². The summed E-state index contributed by atoms with van der Waals surface area (Å²) in [5, 5.41) is 10.1. The van der Waals surface area contributed by atoms with Gasteiger partial charge in [-0.25, -0.2) is 0 Å². The quantitative estimate of drug-likeness (QED) is 0.868. The fourth-order valence-corrected chi connectivity index (χ4v) is 1.96. The molecule has 0 aliphatic heterocycles. The van der Waals surface area contributed by atoms with Crippen molar-refractivity contribution in [2.24, 2.45) is 5.73 Å². The van der Waals surface area contributed by atoms with Crippen LogP contribution in [0.3, 0.4) is 0 Å². The van der Waals surface area contributed by atoms with Crippen LogP contribution in [0.25, 0.3) is 0 Å². The maximum atomic E-state index is 10.1. The Morgan fingerprint density at radius 1 is 1.17 bits per heavy atom. The van der Waals surface area contributed by atoms with Gasteiger partial charge in [-0.1, -0.05) is 26.8 Å². The van der Waals surface area contributed by atoms with Crippen LogP contribution in [0.15, 0.2) is 12.1 Å². The number of phenols is 1. The molecule has 0 heterocycles. The third-order valence-corrected chi connectivity index (χ3v) is 2.86. The summed E-state index contributed by atoms with van der Waals surface area (Å²) < 4.78 is 5.28. The highest BCUT2D eigenvalue weighted by atomic mass is 16.5. The van der Waals surface area contributed by atoms with Gasteiger partial charge in [0, 0.05) is 11.1 Å². The summed E-state index contributed by atoms with van der Waals surface area (Å²) in [6, 6.07) is 3.85. The first-order valence-corrected chi connectivity index (χ1v) is 6.24. The van der Waals surface area contributed by atoms with Gasteiger partial charge in [-0.15, -0.1) is 0 Å². The molecule has 102 valence electrons. The van der Waals surface area contributed by atoms with Gasteiger partial charge in [-0.3, -0.25) is 0 Å². The van der Waals surface area contributed by atoms with Crippen LogP contribution >= 0.6 is 0 Å². The first-order valence-electron chi connectivity index (χ1n) is 6.24. The third-order valence-electron chi connectivity index (χ3n) is 2.86. The smallest absolute Gasteiger partial charge is 0.163 e. The lowest BCUT2D eigenvalue weighted by Gasteiger charge is -2.25. The summed E-state index contributed by atoms with van der Waals surface area (Å²) in [5.41, 5.74) is 7.75. The molecule has 0 aromatic heterocycles. The van der Waals surface area contributed by atoms with Gasteiger partial charge in [0.25, 0.3) is 0 Å². The molecule has 0 bridgehead atoms. The second-order valence-electron chi connectivity index (χ2n) is 6.60. The molecule has 0 aliphatic carbocycles. The van der Waals surface area contributed by atoms with Crippen LogP contribution in [0.2, 0.25) is 0 Å². The number of aromatic hydroxyl groups is 1. The zero-order valence-electron chi connectivity index (χ0n) is 12.3. The lowest BCUT2D eigenvalue weighted by Crippen LogP contribution is -2.34. The summed E-state index contributed by atoms with van der Waals surface area (Å²) in [5.74, 6) is 0.714. The summed E-state index contributed by atoms with van der Waals surface area (Å²) >= 11 is 0. The van der Waals surface area contributed by atoms with Crippen molar-refractivity contribution in [2.45, 2.75) is 52.0 Å². The predicted octanol–water partition coefficient (Wildman–Crippen LogP) is 2.98. The van der Waals surface area contributed by atoms with E-state index in [1.807, 2.05) is 13.8 Å². The standard InChI is InChI=1S/C15H25NO2/c1-14(2,3)11-7-10(9-15(4,5)16)13(18-6)12(17)8-11/h7-8,17H,9,16H2,1-6H3. The van der Waals surface area contributed by atoms with E-state index in [0.717, 1.165) is 11.1 Å². The van der Waals surface area contributed by atoms with E-state index in [4.69, 9.17) is 10.5 Å². The van der Waals surface area contributed by atoms with Gasteiger partial charge in [-0.05, 0) is 37.3 Å². The van der Waals surface area contributed by atoms with E-state index in [2.05, 4.69) is 26.8 Å².